The van der Waals surface area contributed by atoms with Crippen LogP contribution in [-0.4, -0.2) is 32.6 Å². The van der Waals surface area contributed by atoms with Crippen molar-refractivity contribution in [2.75, 3.05) is 6.61 Å². The maximum atomic E-state index is 11.9. The molecule has 7 heteroatoms. The number of thioether (sulfide) groups is 1. The first kappa shape index (κ1) is 19.4. The van der Waals surface area contributed by atoms with Crippen LogP contribution in [0.5, 0.6) is 5.75 Å². The Kier molecular flexibility index (Phi) is 5.82. The van der Waals surface area contributed by atoms with Gasteiger partial charge in [-0.1, -0.05) is 25.1 Å². The summed E-state index contributed by atoms with van der Waals surface area (Å²) in [7, 11) is 0. The van der Waals surface area contributed by atoms with E-state index in [1.807, 2.05) is 24.3 Å². The molecule has 1 aromatic carbocycles. The molecule has 2 aromatic rings. The molecule has 27 heavy (non-hydrogen) atoms. The molecule has 142 valence electrons. The molecule has 0 saturated carbocycles. The number of aliphatic hydroxyl groups is 1. The zero-order valence-corrected chi connectivity index (χ0v) is 16.1. The van der Waals surface area contributed by atoms with E-state index in [0.717, 1.165) is 29.3 Å². The molecule has 2 heterocycles. The molecule has 1 aliphatic rings. The van der Waals surface area contributed by atoms with Crippen LogP contribution in [0.1, 0.15) is 36.8 Å². The molecular formula is C20H22N2O4S. The van der Waals surface area contributed by atoms with Gasteiger partial charge in [-0.15, -0.1) is 0 Å². The Morgan fingerprint density at radius 1 is 1.19 bits per heavy atom. The van der Waals surface area contributed by atoms with Gasteiger partial charge in [-0.05, 0) is 60.9 Å². The molecule has 2 N–H and O–H groups in total. The first-order chi connectivity index (χ1) is 12.9. The van der Waals surface area contributed by atoms with Crippen LogP contribution in [-0.2, 0) is 17.6 Å². The van der Waals surface area contributed by atoms with Crippen LogP contribution < -0.4 is 10.1 Å². The van der Waals surface area contributed by atoms with Crippen molar-refractivity contribution in [3.8, 4) is 5.75 Å². The fourth-order valence-electron chi connectivity index (χ4n) is 2.81. The Morgan fingerprint density at radius 2 is 1.89 bits per heavy atom. The Morgan fingerprint density at radius 3 is 2.44 bits per heavy atom. The number of nitrogens with zero attached hydrogens (tertiary/aromatic N) is 1. The number of hydrogen-bond donors (Lipinski definition) is 2. The minimum atomic E-state index is -0.806. The molecule has 1 aliphatic heterocycles. The van der Waals surface area contributed by atoms with E-state index >= 15 is 0 Å². The lowest BCUT2D eigenvalue weighted by atomic mass is 9.99. The number of hydrogen-bond acceptors (Lipinski definition) is 6. The van der Waals surface area contributed by atoms with Gasteiger partial charge in [0.15, 0.2) is 0 Å². The summed E-state index contributed by atoms with van der Waals surface area (Å²) < 4.78 is 4.85. The minimum Gasteiger partial charge on any atom is -0.490 e. The third kappa shape index (κ3) is 4.67. The van der Waals surface area contributed by atoms with E-state index in [1.165, 1.54) is 0 Å². The average molecular weight is 386 g/mol. The zero-order chi connectivity index (χ0) is 19.4. The highest BCUT2D eigenvalue weighted by atomic mass is 32.2. The molecule has 0 spiro atoms. The molecular weight excluding hydrogens is 364 g/mol. The van der Waals surface area contributed by atoms with Gasteiger partial charge in [0.25, 0.3) is 5.24 Å². The molecule has 2 amide bonds. The number of rotatable bonds is 7. The predicted octanol–water partition coefficient (Wildman–Crippen LogP) is 3.04. The molecule has 1 aromatic heterocycles. The van der Waals surface area contributed by atoms with E-state index in [1.54, 1.807) is 25.3 Å². The zero-order valence-electron chi connectivity index (χ0n) is 15.3. The van der Waals surface area contributed by atoms with Gasteiger partial charge >= 0.3 is 0 Å². The maximum absolute atomic E-state index is 11.9. The van der Waals surface area contributed by atoms with Crippen LogP contribution in [0, 0.1) is 0 Å². The first-order valence-corrected chi connectivity index (χ1v) is 9.60. The van der Waals surface area contributed by atoms with Crippen LogP contribution in [0.3, 0.4) is 0 Å². The Bertz CT molecular complexity index is 823. The highest BCUT2D eigenvalue weighted by molar-refractivity contribution is 8.16. The third-order valence-electron chi connectivity index (χ3n) is 4.48. The first-order valence-electron chi connectivity index (χ1n) is 8.78. The van der Waals surface area contributed by atoms with Crippen molar-refractivity contribution < 1.29 is 19.4 Å². The van der Waals surface area contributed by atoms with E-state index in [4.69, 9.17) is 4.74 Å². The number of aliphatic hydroxyl groups excluding tert-OH is 1. The van der Waals surface area contributed by atoms with E-state index in [-0.39, 0.29) is 17.8 Å². The minimum absolute atomic E-state index is 0.0995. The number of amides is 2. The van der Waals surface area contributed by atoms with Gasteiger partial charge in [-0.3, -0.25) is 19.9 Å². The van der Waals surface area contributed by atoms with Crippen LogP contribution >= 0.6 is 11.8 Å². The Balaban J connectivity index is 1.56. The van der Waals surface area contributed by atoms with Crippen molar-refractivity contribution in [1.82, 2.24) is 10.3 Å². The number of aryl methyl sites for hydroxylation is 1. The fraction of sp³-hybridized carbons (Fsp3) is 0.350. The molecule has 2 atom stereocenters. The monoisotopic (exact) mass is 386 g/mol. The largest absolute Gasteiger partial charge is 0.490 e. The van der Waals surface area contributed by atoms with Gasteiger partial charge < -0.3 is 9.84 Å². The van der Waals surface area contributed by atoms with Crippen molar-refractivity contribution in [2.24, 2.45) is 0 Å². The Hall–Kier alpha value is -2.38. The third-order valence-corrected chi connectivity index (χ3v) is 5.55. The molecule has 0 bridgehead atoms. The summed E-state index contributed by atoms with van der Waals surface area (Å²) in [6.07, 6.45) is 2.31. The maximum Gasteiger partial charge on any atom is 0.286 e. The predicted molar refractivity (Wildman–Crippen MR) is 104 cm³/mol. The van der Waals surface area contributed by atoms with Crippen LogP contribution in [0.4, 0.5) is 4.79 Å². The van der Waals surface area contributed by atoms with Crippen molar-refractivity contribution in [3.05, 3.63) is 59.4 Å². The van der Waals surface area contributed by atoms with Crippen LogP contribution in [0.2, 0.25) is 0 Å². The van der Waals surface area contributed by atoms with Gasteiger partial charge in [0.05, 0.1) is 5.69 Å². The summed E-state index contributed by atoms with van der Waals surface area (Å²) >= 11 is 1.02. The van der Waals surface area contributed by atoms with Crippen LogP contribution in [0.25, 0.3) is 0 Å². The lowest BCUT2D eigenvalue weighted by molar-refractivity contribution is -0.121. The number of ether oxygens (including phenoxy) is 1. The second-order valence-corrected chi connectivity index (χ2v) is 8.14. The van der Waals surface area contributed by atoms with Gasteiger partial charge in [0.1, 0.15) is 23.2 Å². The second kappa shape index (κ2) is 8.10. The molecule has 0 aliphatic carbocycles. The summed E-state index contributed by atoms with van der Waals surface area (Å²) in [6.45, 7) is 3.91. The van der Waals surface area contributed by atoms with Crippen LogP contribution in [0.15, 0.2) is 42.6 Å². The molecule has 3 rings (SSSR count). The summed E-state index contributed by atoms with van der Waals surface area (Å²) in [4.78, 5) is 27.6. The van der Waals surface area contributed by atoms with Crippen molar-refractivity contribution in [3.63, 3.8) is 0 Å². The second-order valence-electron chi connectivity index (χ2n) is 6.67. The van der Waals surface area contributed by atoms with E-state index in [0.29, 0.717) is 17.9 Å². The van der Waals surface area contributed by atoms with E-state index in [9.17, 15) is 14.7 Å². The molecule has 6 nitrogen and oxygen atoms in total. The summed E-state index contributed by atoms with van der Waals surface area (Å²) in [6, 6.07) is 11.1. The summed E-state index contributed by atoms with van der Waals surface area (Å²) in [5.41, 5.74) is 2.62. The lowest BCUT2D eigenvalue weighted by Crippen LogP contribution is -2.35. The molecule has 1 saturated heterocycles. The molecule has 1 fully saturated rings. The normalized spacial score (nSPS) is 20.4. The summed E-state index contributed by atoms with van der Waals surface area (Å²) in [5.74, 6) is 0.357. The van der Waals surface area contributed by atoms with Crippen molar-refractivity contribution in [2.45, 2.75) is 37.5 Å². The molecule has 0 radical (unpaired) electrons. The smallest absolute Gasteiger partial charge is 0.286 e. The lowest BCUT2D eigenvalue weighted by Gasteiger charge is -2.18. The van der Waals surface area contributed by atoms with Gasteiger partial charge in [0, 0.05) is 6.20 Å². The highest BCUT2D eigenvalue weighted by Crippen LogP contribution is 2.34. The Labute approximate surface area is 162 Å². The summed E-state index contributed by atoms with van der Waals surface area (Å²) in [5, 5.41) is 12.2. The van der Waals surface area contributed by atoms with E-state index in [2.05, 4.69) is 17.2 Å². The molecule has 1 unspecified atom stereocenters. The number of carbonyl (C=O) groups excluding carboxylic acids is 2. The van der Waals surface area contributed by atoms with Gasteiger partial charge in [0.2, 0.25) is 5.91 Å². The standard InChI is InChI=1S/C20H22N2O4S/c1-3-13-6-9-16(21-11-13)17(23)12-26-15-7-4-14(5-8-15)10-20(2)18(24)22-19(25)27-20/h4-9,11,17,23H,3,10,12H2,1-2H3,(H,22,24,25)/t17?,20-/m1/s1. The number of benzene rings is 1. The van der Waals surface area contributed by atoms with Gasteiger partial charge in [-0.2, -0.15) is 0 Å². The number of nitrogens with one attached hydrogen (secondary N) is 1. The van der Waals surface area contributed by atoms with Crippen molar-refractivity contribution >= 4 is 22.9 Å². The van der Waals surface area contributed by atoms with Gasteiger partial charge in [-0.25, -0.2) is 0 Å². The average Bonchev–Trinajstić information content (AvgIpc) is 2.92. The number of imide groups is 1. The fourth-order valence-corrected chi connectivity index (χ4v) is 3.75. The van der Waals surface area contributed by atoms with Crippen molar-refractivity contribution in [1.29, 1.82) is 0 Å². The quantitative estimate of drug-likeness (QED) is 0.760. The van der Waals surface area contributed by atoms with E-state index < -0.39 is 10.9 Å². The highest BCUT2D eigenvalue weighted by Gasteiger charge is 2.43. The number of pyridine rings is 1. The number of carbonyl (C=O) groups is 2. The topological polar surface area (TPSA) is 88.5 Å². The SMILES string of the molecule is CCc1ccc(C(O)COc2ccc(C[C@@]3(C)SC(=O)NC3=O)cc2)nc1. The number of aromatic nitrogens is 1.